The molecule has 1 aromatic rings. The fourth-order valence-corrected chi connectivity index (χ4v) is 3.22. The molecule has 2 aliphatic rings. The highest BCUT2D eigenvalue weighted by molar-refractivity contribution is 5.83. The number of halogens is 3. The lowest BCUT2D eigenvalue weighted by Gasteiger charge is -2.23. The van der Waals surface area contributed by atoms with Crippen LogP contribution < -0.4 is 10.1 Å². The molecule has 2 aliphatic heterocycles. The Morgan fingerprint density at radius 3 is 2.48 bits per heavy atom. The quantitative estimate of drug-likeness (QED) is 0.786. The number of nitrogens with zero attached hydrogens (tertiary/aromatic N) is 2. The van der Waals surface area contributed by atoms with Crippen LogP contribution in [0.4, 0.5) is 13.2 Å². The number of carboxylic acids is 1. The van der Waals surface area contributed by atoms with E-state index < -0.39 is 12.1 Å². The molecule has 3 rings (SSSR count). The van der Waals surface area contributed by atoms with E-state index >= 15 is 0 Å². The van der Waals surface area contributed by atoms with Gasteiger partial charge >= 0.3 is 12.1 Å². The first-order chi connectivity index (χ1) is 13.7. The molecular weight excluding hydrogens is 391 g/mol. The zero-order valence-electron chi connectivity index (χ0n) is 15.6. The van der Waals surface area contributed by atoms with Gasteiger partial charge in [-0.05, 0) is 37.8 Å². The first kappa shape index (κ1) is 22.5. The third-order valence-corrected chi connectivity index (χ3v) is 4.66. The van der Waals surface area contributed by atoms with Gasteiger partial charge in [0.2, 0.25) is 5.91 Å². The Balaban J connectivity index is 0.000000370. The summed E-state index contributed by atoms with van der Waals surface area (Å²) < 4.78 is 37.5. The molecule has 0 aromatic heterocycles. The summed E-state index contributed by atoms with van der Waals surface area (Å²) in [5.41, 5.74) is 0. The number of likely N-dealkylation sites (tertiary alicyclic amines) is 1. The summed E-state index contributed by atoms with van der Waals surface area (Å²) in [7, 11) is 0. The Bertz CT molecular complexity index is 736. The van der Waals surface area contributed by atoms with Crippen molar-refractivity contribution in [1.29, 1.82) is 5.26 Å². The minimum atomic E-state index is -5.08. The third-order valence-electron chi connectivity index (χ3n) is 4.66. The maximum Gasteiger partial charge on any atom is 0.490 e. The maximum absolute atomic E-state index is 12.5. The molecule has 1 aromatic carbocycles. The van der Waals surface area contributed by atoms with Gasteiger partial charge in [-0.1, -0.05) is 18.2 Å². The lowest BCUT2D eigenvalue weighted by Crippen LogP contribution is -2.47. The summed E-state index contributed by atoms with van der Waals surface area (Å²) in [6.07, 6.45) is -1.61. The zero-order chi connectivity index (χ0) is 21.4. The fourth-order valence-electron chi connectivity index (χ4n) is 3.22. The van der Waals surface area contributed by atoms with Crippen LogP contribution in [-0.4, -0.2) is 59.3 Å². The van der Waals surface area contributed by atoms with E-state index in [9.17, 15) is 18.0 Å². The molecule has 0 aliphatic carbocycles. The summed E-state index contributed by atoms with van der Waals surface area (Å²) in [4.78, 5) is 23.1. The number of carbonyl (C=O) groups excluding carboxylic acids is 1. The van der Waals surface area contributed by atoms with Crippen molar-refractivity contribution >= 4 is 11.9 Å². The van der Waals surface area contributed by atoms with Crippen LogP contribution in [0.5, 0.6) is 5.75 Å². The Labute approximate surface area is 166 Å². The number of nitriles is 1. The molecule has 158 valence electrons. The van der Waals surface area contributed by atoms with Gasteiger partial charge in [0.1, 0.15) is 18.4 Å². The number of aliphatic carboxylic acids is 1. The lowest BCUT2D eigenvalue weighted by molar-refractivity contribution is -0.192. The zero-order valence-corrected chi connectivity index (χ0v) is 15.6. The molecule has 7 nitrogen and oxygen atoms in total. The molecule has 10 heteroatoms. The van der Waals surface area contributed by atoms with Crippen molar-refractivity contribution in [2.45, 2.75) is 50.0 Å². The number of ether oxygens (including phenoxy) is 1. The number of carboxylic acid groups (broad SMARTS) is 1. The number of nitrogens with one attached hydrogen (secondary N) is 1. The standard InChI is InChI=1S/C17H21N3O2.C2HF3O2/c18-11-14-5-4-10-20(14)17(21)16-9-8-13(19-16)12-22-15-6-2-1-3-7-15;3-2(4,5)1(6)7/h1-3,6-7,13-14,16,19H,4-5,8-10,12H2;(H,6,7)/t13-,14+,16+;/m1./s1. The first-order valence-corrected chi connectivity index (χ1v) is 9.16. The highest BCUT2D eigenvalue weighted by Gasteiger charge is 2.38. The monoisotopic (exact) mass is 413 g/mol. The normalized spacial score (nSPS) is 23.7. The molecule has 2 heterocycles. The largest absolute Gasteiger partial charge is 0.492 e. The van der Waals surface area contributed by atoms with Gasteiger partial charge < -0.3 is 14.7 Å². The summed E-state index contributed by atoms with van der Waals surface area (Å²) in [6.45, 7) is 1.27. The summed E-state index contributed by atoms with van der Waals surface area (Å²) >= 11 is 0. The van der Waals surface area contributed by atoms with Gasteiger partial charge in [-0.2, -0.15) is 18.4 Å². The molecule has 2 N–H and O–H groups in total. The van der Waals surface area contributed by atoms with Gasteiger partial charge in [-0.15, -0.1) is 0 Å². The molecule has 0 unspecified atom stereocenters. The van der Waals surface area contributed by atoms with Crippen molar-refractivity contribution in [2.75, 3.05) is 13.2 Å². The Morgan fingerprint density at radius 2 is 1.90 bits per heavy atom. The molecule has 0 bridgehead atoms. The lowest BCUT2D eigenvalue weighted by atomic mass is 10.1. The van der Waals surface area contributed by atoms with Crippen molar-refractivity contribution in [3.63, 3.8) is 0 Å². The smallest absolute Gasteiger partial charge is 0.490 e. The minimum Gasteiger partial charge on any atom is -0.492 e. The van der Waals surface area contributed by atoms with E-state index in [0.29, 0.717) is 13.2 Å². The number of carbonyl (C=O) groups is 2. The maximum atomic E-state index is 12.5. The molecule has 2 saturated heterocycles. The Kier molecular flexibility index (Phi) is 7.84. The highest BCUT2D eigenvalue weighted by Crippen LogP contribution is 2.22. The second-order valence-electron chi connectivity index (χ2n) is 6.74. The fraction of sp³-hybridized carbons (Fsp3) is 0.526. The molecule has 29 heavy (non-hydrogen) atoms. The second kappa shape index (κ2) is 10.1. The average molecular weight is 413 g/mol. The number of benzene rings is 1. The van der Waals surface area contributed by atoms with E-state index in [-0.39, 0.29) is 24.0 Å². The van der Waals surface area contributed by atoms with E-state index in [1.54, 1.807) is 4.90 Å². The molecule has 3 atom stereocenters. The number of hydrogen-bond donors (Lipinski definition) is 2. The van der Waals surface area contributed by atoms with Crippen LogP contribution in [0.15, 0.2) is 30.3 Å². The minimum absolute atomic E-state index is 0.0752. The predicted molar refractivity (Wildman–Crippen MR) is 95.9 cm³/mol. The van der Waals surface area contributed by atoms with Crippen LogP contribution in [0.2, 0.25) is 0 Å². The van der Waals surface area contributed by atoms with Crippen molar-refractivity contribution in [1.82, 2.24) is 10.2 Å². The number of rotatable bonds is 4. The van der Waals surface area contributed by atoms with Gasteiger partial charge in [0, 0.05) is 12.6 Å². The SMILES string of the molecule is N#C[C@@H]1CCCN1C(=O)[C@@H]1CC[C@H](COc2ccccc2)N1.O=C(O)C(F)(F)F. The van der Waals surface area contributed by atoms with Crippen LogP contribution in [0.1, 0.15) is 25.7 Å². The second-order valence-corrected chi connectivity index (χ2v) is 6.74. The predicted octanol–water partition coefficient (Wildman–Crippen LogP) is 2.33. The Hall–Kier alpha value is -2.80. The van der Waals surface area contributed by atoms with Gasteiger partial charge in [0.05, 0.1) is 12.1 Å². The van der Waals surface area contributed by atoms with Crippen molar-refractivity contribution in [2.24, 2.45) is 0 Å². The van der Waals surface area contributed by atoms with Crippen LogP contribution in [-0.2, 0) is 9.59 Å². The highest BCUT2D eigenvalue weighted by atomic mass is 19.4. The van der Waals surface area contributed by atoms with Crippen molar-refractivity contribution < 1.29 is 32.6 Å². The third kappa shape index (κ3) is 6.64. The first-order valence-electron chi connectivity index (χ1n) is 9.16. The number of amides is 1. The molecule has 2 fully saturated rings. The molecule has 0 spiro atoms. The molecule has 0 radical (unpaired) electrons. The van der Waals surface area contributed by atoms with Crippen molar-refractivity contribution in [3.05, 3.63) is 30.3 Å². The van der Waals surface area contributed by atoms with Gasteiger partial charge in [0.25, 0.3) is 0 Å². The van der Waals surface area contributed by atoms with Crippen LogP contribution in [0.25, 0.3) is 0 Å². The number of para-hydroxylation sites is 1. The van der Waals surface area contributed by atoms with E-state index in [4.69, 9.17) is 19.9 Å². The number of hydrogen-bond acceptors (Lipinski definition) is 5. The average Bonchev–Trinajstić information content (AvgIpc) is 3.35. The van der Waals surface area contributed by atoms with E-state index in [2.05, 4.69) is 11.4 Å². The topological polar surface area (TPSA) is 103 Å². The van der Waals surface area contributed by atoms with Gasteiger partial charge in [-0.3, -0.25) is 10.1 Å². The van der Waals surface area contributed by atoms with Crippen LogP contribution in [0, 0.1) is 11.3 Å². The van der Waals surface area contributed by atoms with Crippen LogP contribution in [0.3, 0.4) is 0 Å². The van der Waals surface area contributed by atoms with E-state index in [1.807, 2.05) is 30.3 Å². The summed E-state index contributed by atoms with van der Waals surface area (Å²) in [5.74, 6) is -1.83. The molecular formula is C19H22F3N3O4. The summed E-state index contributed by atoms with van der Waals surface area (Å²) in [6, 6.07) is 11.7. The molecule has 1 amide bonds. The van der Waals surface area contributed by atoms with Crippen LogP contribution >= 0.6 is 0 Å². The molecule has 0 saturated carbocycles. The van der Waals surface area contributed by atoms with E-state index in [1.165, 1.54) is 0 Å². The summed E-state index contributed by atoms with van der Waals surface area (Å²) in [5, 5.41) is 19.6. The Morgan fingerprint density at radius 1 is 1.24 bits per heavy atom. The van der Waals surface area contributed by atoms with Crippen molar-refractivity contribution in [3.8, 4) is 11.8 Å². The van der Waals surface area contributed by atoms with E-state index in [0.717, 1.165) is 31.4 Å². The van der Waals surface area contributed by atoms with Gasteiger partial charge in [-0.25, -0.2) is 4.79 Å². The van der Waals surface area contributed by atoms with Gasteiger partial charge in [0.15, 0.2) is 0 Å². The number of alkyl halides is 3.